The molecule has 2 aromatic rings. The summed E-state index contributed by atoms with van der Waals surface area (Å²) in [4.78, 5) is 28.0. The number of hydrogen-bond acceptors (Lipinski definition) is 4. The van der Waals surface area contributed by atoms with Crippen LogP contribution in [0.5, 0.6) is 0 Å². The quantitative estimate of drug-likeness (QED) is 0.762. The van der Waals surface area contributed by atoms with Crippen LogP contribution in [0.4, 0.5) is 5.69 Å². The topological polar surface area (TPSA) is 86.8 Å². The van der Waals surface area contributed by atoms with Gasteiger partial charge in [-0.2, -0.15) is 4.31 Å². The fraction of sp³-hybridized carbons (Fsp3) is 0.364. The molecule has 1 saturated heterocycles. The Labute approximate surface area is 177 Å². The molecule has 1 N–H and O–H groups in total. The van der Waals surface area contributed by atoms with Gasteiger partial charge in [0.15, 0.2) is 0 Å². The van der Waals surface area contributed by atoms with E-state index in [1.54, 1.807) is 19.1 Å². The number of aryl methyl sites for hydroxylation is 1. The molecular weight excluding hydrogens is 402 g/mol. The Hall–Kier alpha value is -2.71. The van der Waals surface area contributed by atoms with Gasteiger partial charge in [-0.1, -0.05) is 48.5 Å². The molecule has 30 heavy (non-hydrogen) atoms. The van der Waals surface area contributed by atoms with Crippen LogP contribution in [-0.4, -0.2) is 48.9 Å². The SMILES string of the molecule is CCS(=O)(=O)N1CC(=O)N(c2ccccc2C)[C@@](C)(C(=O)NCc2ccccc2)C1. The van der Waals surface area contributed by atoms with Gasteiger partial charge in [-0.05, 0) is 38.0 Å². The van der Waals surface area contributed by atoms with Crippen molar-refractivity contribution in [1.82, 2.24) is 9.62 Å². The van der Waals surface area contributed by atoms with Crippen molar-refractivity contribution in [3.8, 4) is 0 Å². The zero-order valence-electron chi connectivity index (χ0n) is 17.5. The lowest BCUT2D eigenvalue weighted by molar-refractivity contribution is -0.133. The molecule has 0 radical (unpaired) electrons. The van der Waals surface area contributed by atoms with E-state index in [-0.39, 0.29) is 25.4 Å². The predicted molar refractivity (Wildman–Crippen MR) is 116 cm³/mol. The summed E-state index contributed by atoms with van der Waals surface area (Å²) in [6.45, 7) is 4.90. The molecule has 160 valence electrons. The normalized spacial score (nSPS) is 20.2. The van der Waals surface area contributed by atoms with Crippen LogP contribution < -0.4 is 10.2 Å². The first kappa shape index (κ1) is 22.0. The Morgan fingerprint density at radius 2 is 1.73 bits per heavy atom. The smallest absolute Gasteiger partial charge is 0.247 e. The molecule has 0 saturated carbocycles. The monoisotopic (exact) mass is 429 g/mol. The van der Waals surface area contributed by atoms with Crippen LogP contribution in [0.3, 0.4) is 0 Å². The van der Waals surface area contributed by atoms with Gasteiger partial charge in [-0.3, -0.25) is 14.5 Å². The number of carbonyl (C=O) groups is 2. The standard InChI is InChI=1S/C22H27N3O4S/c1-4-30(28,29)24-15-20(26)25(19-13-9-8-10-17(19)2)22(3,16-24)21(27)23-14-18-11-6-5-7-12-18/h5-13H,4,14-16H2,1-3H3,(H,23,27)/t22-/m1/s1. The number of amides is 2. The second kappa shape index (κ2) is 8.57. The molecule has 1 atom stereocenters. The summed E-state index contributed by atoms with van der Waals surface area (Å²) < 4.78 is 26.2. The minimum Gasteiger partial charge on any atom is -0.350 e. The molecule has 3 rings (SSSR count). The lowest BCUT2D eigenvalue weighted by Gasteiger charge is -2.47. The van der Waals surface area contributed by atoms with E-state index in [4.69, 9.17) is 0 Å². The van der Waals surface area contributed by atoms with E-state index < -0.39 is 27.4 Å². The van der Waals surface area contributed by atoms with Gasteiger partial charge in [0.25, 0.3) is 0 Å². The van der Waals surface area contributed by atoms with Crippen LogP contribution in [0.15, 0.2) is 54.6 Å². The first-order valence-corrected chi connectivity index (χ1v) is 11.5. The summed E-state index contributed by atoms with van der Waals surface area (Å²) in [7, 11) is -3.64. The van der Waals surface area contributed by atoms with Crippen LogP contribution >= 0.6 is 0 Å². The average Bonchev–Trinajstić information content (AvgIpc) is 2.73. The van der Waals surface area contributed by atoms with Gasteiger partial charge in [0.05, 0.1) is 12.3 Å². The molecule has 2 aromatic carbocycles. The van der Waals surface area contributed by atoms with E-state index in [9.17, 15) is 18.0 Å². The molecule has 7 nitrogen and oxygen atoms in total. The maximum Gasteiger partial charge on any atom is 0.247 e. The van der Waals surface area contributed by atoms with Gasteiger partial charge >= 0.3 is 0 Å². The molecule has 2 amide bonds. The van der Waals surface area contributed by atoms with Crippen LogP contribution in [0.1, 0.15) is 25.0 Å². The predicted octanol–water partition coefficient (Wildman–Crippen LogP) is 2.07. The Morgan fingerprint density at radius 1 is 1.10 bits per heavy atom. The van der Waals surface area contributed by atoms with Crippen molar-refractivity contribution in [2.24, 2.45) is 0 Å². The Morgan fingerprint density at radius 3 is 2.37 bits per heavy atom. The fourth-order valence-corrected chi connectivity index (χ4v) is 4.82. The van der Waals surface area contributed by atoms with Crippen LogP contribution in [-0.2, 0) is 26.2 Å². The molecule has 1 aliphatic rings. The van der Waals surface area contributed by atoms with Crippen molar-refractivity contribution >= 4 is 27.5 Å². The number of nitrogens with one attached hydrogen (secondary N) is 1. The summed E-state index contributed by atoms with van der Waals surface area (Å²) in [6, 6.07) is 16.7. The number of hydrogen-bond donors (Lipinski definition) is 1. The highest BCUT2D eigenvalue weighted by atomic mass is 32.2. The number of para-hydroxylation sites is 1. The molecule has 0 aliphatic carbocycles. The number of rotatable bonds is 6. The minimum atomic E-state index is -3.64. The number of anilines is 1. The highest BCUT2D eigenvalue weighted by Crippen LogP contribution is 2.32. The number of piperazine rings is 1. The van der Waals surface area contributed by atoms with Crippen LogP contribution in [0.2, 0.25) is 0 Å². The first-order chi connectivity index (χ1) is 14.2. The largest absolute Gasteiger partial charge is 0.350 e. The number of carbonyl (C=O) groups excluding carboxylic acids is 2. The number of nitrogens with zero attached hydrogens (tertiary/aromatic N) is 2. The highest BCUT2D eigenvalue weighted by molar-refractivity contribution is 7.89. The van der Waals surface area contributed by atoms with E-state index in [1.807, 2.05) is 49.4 Å². The highest BCUT2D eigenvalue weighted by Gasteiger charge is 2.50. The van der Waals surface area contributed by atoms with Crippen molar-refractivity contribution in [2.45, 2.75) is 32.9 Å². The van der Waals surface area contributed by atoms with E-state index in [2.05, 4.69) is 5.32 Å². The second-order valence-electron chi connectivity index (χ2n) is 7.63. The summed E-state index contributed by atoms with van der Waals surface area (Å²) in [5.74, 6) is -0.962. The first-order valence-electron chi connectivity index (χ1n) is 9.88. The molecule has 8 heteroatoms. The van der Waals surface area contributed by atoms with Crippen molar-refractivity contribution in [3.05, 3.63) is 65.7 Å². The molecule has 0 unspecified atom stereocenters. The van der Waals surface area contributed by atoms with Crippen molar-refractivity contribution in [2.75, 3.05) is 23.7 Å². The lowest BCUT2D eigenvalue weighted by atomic mass is 9.93. The Kier molecular flexibility index (Phi) is 6.28. The van der Waals surface area contributed by atoms with Gasteiger partial charge in [0.1, 0.15) is 5.54 Å². The van der Waals surface area contributed by atoms with E-state index in [0.29, 0.717) is 5.69 Å². The van der Waals surface area contributed by atoms with E-state index in [1.165, 1.54) is 11.8 Å². The molecule has 0 aromatic heterocycles. The fourth-order valence-electron chi connectivity index (χ4n) is 3.70. The van der Waals surface area contributed by atoms with Gasteiger partial charge in [-0.25, -0.2) is 8.42 Å². The van der Waals surface area contributed by atoms with Crippen molar-refractivity contribution < 1.29 is 18.0 Å². The number of benzene rings is 2. The second-order valence-corrected chi connectivity index (χ2v) is 9.88. The third kappa shape index (κ3) is 4.24. The number of sulfonamides is 1. The van der Waals surface area contributed by atoms with Crippen molar-refractivity contribution in [1.29, 1.82) is 0 Å². The van der Waals surface area contributed by atoms with Crippen molar-refractivity contribution in [3.63, 3.8) is 0 Å². The maximum atomic E-state index is 13.4. The average molecular weight is 430 g/mol. The minimum absolute atomic E-state index is 0.107. The lowest BCUT2D eigenvalue weighted by Crippen LogP contribution is -2.70. The summed E-state index contributed by atoms with van der Waals surface area (Å²) in [5, 5.41) is 2.88. The van der Waals surface area contributed by atoms with Gasteiger partial charge in [-0.15, -0.1) is 0 Å². The maximum absolute atomic E-state index is 13.4. The van der Waals surface area contributed by atoms with E-state index in [0.717, 1.165) is 15.4 Å². The van der Waals surface area contributed by atoms with E-state index >= 15 is 0 Å². The zero-order valence-corrected chi connectivity index (χ0v) is 18.3. The van der Waals surface area contributed by atoms with Gasteiger partial charge in [0, 0.05) is 18.8 Å². The molecule has 0 spiro atoms. The third-order valence-corrected chi connectivity index (χ3v) is 7.21. The Bertz CT molecular complexity index is 1040. The molecule has 1 aliphatic heterocycles. The van der Waals surface area contributed by atoms with Crippen LogP contribution in [0.25, 0.3) is 0 Å². The summed E-state index contributed by atoms with van der Waals surface area (Å²) in [6.07, 6.45) is 0. The summed E-state index contributed by atoms with van der Waals surface area (Å²) >= 11 is 0. The molecule has 1 fully saturated rings. The molecular formula is C22H27N3O4S. The zero-order chi connectivity index (χ0) is 21.9. The van der Waals surface area contributed by atoms with Gasteiger partial charge < -0.3 is 5.32 Å². The molecule has 1 heterocycles. The third-order valence-electron chi connectivity index (χ3n) is 5.44. The Balaban J connectivity index is 1.99. The van der Waals surface area contributed by atoms with Gasteiger partial charge in [0.2, 0.25) is 21.8 Å². The van der Waals surface area contributed by atoms with Crippen LogP contribution in [0, 0.1) is 6.92 Å². The summed E-state index contributed by atoms with van der Waals surface area (Å²) in [5.41, 5.74) is 0.962. The molecule has 0 bridgehead atoms.